The van der Waals surface area contributed by atoms with Crippen molar-refractivity contribution < 1.29 is 4.79 Å². The van der Waals surface area contributed by atoms with Gasteiger partial charge in [-0.05, 0) is 36.8 Å². The summed E-state index contributed by atoms with van der Waals surface area (Å²) in [4.78, 5) is 14.4. The summed E-state index contributed by atoms with van der Waals surface area (Å²) >= 11 is 0. The highest BCUT2D eigenvalue weighted by Crippen LogP contribution is 2.23. The van der Waals surface area contributed by atoms with Crippen molar-refractivity contribution in [2.45, 2.75) is 45.6 Å². The van der Waals surface area contributed by atoms with Gasteiger partial charge in [-0.15, -0.1) is 0 Å². The predicted octanol–water partition coefficient (Wildman–Crippen LogP) is 3.88. The van der Waals surface area contributed by atoms with E-state index in [-0.39, 0.29) is 5.91 Å². The highest BCUT2D eigenvalue weighted by Gasteiger charge is 2.26. The molecule has 102 valence electrons. The number of hydrogen-bond donors (Lipinski definition) is 0. The van der Waals surface area contributed by atoms with Crippen LogP contribution in [0.5, 0.6) is 0 Å². The first-order valence-corrected chi connectivity index (χ1v) is 7.32. The highest BCUT2D eigenvalue weighted by atomic mass is 16.2. The first-order valence-electron chi connectivity index (χ1n) is 7.32. The number of likely N-dealkylation sites (tertiary alicyclic amines) is 1. The van der Waals surface area contributed by atoms with Crippen LogP contribution in [0.4, 0.5) is 0 Å². The zero-order chi connectivity index (χ0) is 13.7. The second-order valence-electron chi connectivity index (χ2n) is 5.13. The molecule has 0 aliphatic carbocycles. The van der Waals surface area contributed by atoms with Crippen molar-refractivity contribution in [1.29, 1.82) is 0 Å². The van der Waals surface area contributed by atoms with Gasteiger partial charge >= 0.3 is 0 Å². The summed E-state index contributed by atoms with van der Waals surface area (Å²) in [5, 5.41) is 0. The summed E-state index contributed by atoms with van der Waals surface area (Å²) < 4.78 is 0. The molecule has 0 saturated carbocycles. The van der Waals surface area contributed by atoms with E-state index in [0.717, 1.165) is 43.4 Å². The Morgan fingerprint density at radius 1 is 1.32 bits per heavy atom. The summed E-state index contributed by atoms with van der Waals surface area (Å²) in [5.74, 6) is 0.185. The number of carbonyl (C=O) groups is 1. The van der Waals surface area contributed by atoms with Crippen LogP contribution in [0.3, 0.4) is 0 Å². The van der Waals surface area contributed by atoms with Gasteiger partial charge in [-0.25, -0.2) is 0 Å². The van der Waals surface area contributed by atoms with Crippen molar-refractivity contribution in [3.8, 4) is 0 Å². The number of carbonyl (C=O) groups excluding carboxylic acids is 1. The van der Waals surface area contributed by atoms with E-state index >= 15 is 0 Å². The zero-order valence-electron chi connectivity index (χ0n) is 11.9. The summed E-state index contributed by atoms with van der Waals surface area (Å²) in [7, 11) is 0. The van der Waals surface area contributed by atoms with E-state index < -0.39 is 0 Å². The standard InChI is InChI=1S/C17H23NO/c1-3-14(15-9-6-5-7-10-15)13-17(19)18-12-8-11-16(18)4-2/h5-7,9-10,13,16H,3-4,8,11-12H2,1-2H3/b14-13+. The van der Waals surface area contributed by atoms with Crippen LogP contribution in [0.1, 0.15) is 45.1 Å². The van der Waals surface area contributed by atoms with Gasteiger partial charge < -0.3 is 4.90 Å². The average molecular weight is 257 g/mol. The Balaban J connectivity index is 2.16. The number of allylic oxidation sites excluding steroid dienone is 1. The fraction of sp³-hybridized carbons (Fsp3) is 0.471. The van der Waals surface area contributed by atoms with Crippen molar-refractivity contribution in [3.63, 3.8) is 0 Å². The number of benzene rings is 1. The fourth-order valence-corrected chi connectivity index (χ4v) is 2.82. The normalized spacial score (nSPS) is 19.8. The summed E-state index contributed by atoms with van der Waals surface area (Å²) in [6, 6.07) is 10.6. The lowest BCUT2D eigenvalue weighted by molar-refractivity contribution is -0.126. The van der Waals surface area contributed by atoms with E-state index in [1.165, 1.54) is 0 Å². The smallest absolute Gasteiger partial charge is 0.247 e. The highest BCUT2D eigenvalue weighted by molar-refractivity contribution is 5.95. The third kappa shape index (κ3) is 3.25. The van der Waals surface area contributed by atoms with E-state index in [1.54, 1.807) is 0 Å². The monoisotopic (exact) mass is 257 g/mol. The summed E-state index contributed by atoms with van der Waals surface area (Å²) in [6.07, 6.45) is 6.09. The Labute approximate surface area is 116 Å². The van der Waals surface area contributed by atoms with Gasteiger partial charge in [0.15, 0.2) is 0 Å². The maximum atomic E-state index is 12.4. The molecule has 1 aliphatic heterocycles. The van der Waals surface area contributed by atoms with Gasteiger partial charge in [-0.2, -0.15) is 0 Å². The first-order chi connectivity index (χ1) is 9.26. The Bertz CT molecular complexity index is 450. The quantitative estimate of drug-likeness (QED) is 0.750. The number of hydrogen-bond acceptors (Lipinski definition) is 1. The second-order valence-corrected chi connectivity index (χ2v) is 5.13. The predicted molar refractivity (Wildman–Crippen MR) is 79.7 cm³/mol. The van der Waals surface area contributed by atoms with E-state index in [0.29, 0.717) is 6.04 Å². The Kier molecular flexibility index (Phi) is 4.78. The van der Waals surface area contributed by atoms with Crippen molar-refractivity contribution in [3.05, 3.63) is 42.0 Å². The van der Waals surface area contributed by atoms with Gasteiger partial charge in [-0.1, -0.05) is 44.2 Å². The van der Waals surface area contributed by atoms with Gasteiger partial charge in [0, 0.05) is 18.7 Å². The van der Waals surface area contributed by atoms with Crippen molar-refractivity contribution >= 4 is 11.5 Å². The molecule has 1 atom stereocenters. The maximum Gasteiger partial charge on any atom is 0.247 e. The van der Waals surface area contributed by atoms with Crippen molar-refractivity contribution in [2.75, 3.05) is 6.54 Å². The van der Waals surface area contributed by atoms with Gasteiger partial charge in [-0.3, -0.25) is 4.79 Å². The molecule has 1 amide bonds. The molecule has 1 unspecified atom stereocenters. The molecule has 2 rings (SSSR count). The average Bonchev–Trinajstić information content (AvgIpc) is 2.94. The van der Waals surface area contributed by atoms with Crippen LogP contribution in [0.15, 0.2) is 36.4 Å². The van der Waals surface area contributed by atoms with Gasteiger partial charge in [0.1, 0.15) is 0 Å². The molecule has 2 nitrogen and oxygen atoms in total. The molecule has 19 heavy (non-hydrogen) atoms. The molecular formula is C17H23NO. The third-order valence-corrected chi connectivity index (χ3v) is 3.95. The van der Waals surface area contributed by atoms with E-state index in [9.17, 15) is 4.79 Å². The molecule has 0 spiro atoms. The van der Waals surface area contributed by atoms with Crippen LogP contribution < -0.4 is 0 Å². The molecule has 0 bridgehead atoms. The van der Waals surface area contributed by atoms with Crippen molar-refractivity contribution in [1.82, 2.24) is 4.90 Å². The Morgan fingerprint density at radius 2 is 2.05 bits per heavy atom. The summed E-state index contributed by atoms with van der Waals surface area (Å²) in [5.41, 5.74) is 2.29. The fourth-order valence-electron chi connectivity index (χ4n) is 2.82. The molecule has 1 saturated heterocycles. The minimum absolute atomic E-state index is 0.185. The van der Waals surface area contributed by atoms with Crippen LogP contribution in [-0.4, -0.2) is 23.4 Å². The van der Waals surface area contributed by atoms with Crippen LogP contribution in [0, 0.1) is 0 Å². The molecule has 0 radical (unpaired) electrons. The molecule has 1 aliphatic rings. The van der Waals surface area contributed by atoms with E-state index in [1.807, 2.05) is 29.2 Å². The molecule has 2 heteroatoms. The minimum atomic E-state index is 0.185. The first kappa shape index (κ1) is 13.9. The molecule has 1 heterocycles. The van der Waals surface area contributed by atoms with Crippen molar-refractivity contribution in [2.24, 2.45) is 0 Å². The molecule has 0 aromatic heterocycles. The van der Waals surface area contributed by atoms with Crippen LogP contribution in [0.25, 0.3) is 5.57 Å². The van der Waals surface area contributed by atoms with Gasteiger partial charge in [0.25, 0.3) is 0 Å². The Morgan fingerprint density at radius 3 is 2.68 bits per heavy atom. The largest absolute Gasteiger partial charge is 0.336 e. The maximum absolute atomic E-state index is 12.4. The lowest BCUT2D eigenvalue weighted by atomic mass is 10.0. The zero-order valence-corrected chi connectivity index (χ0v) is 11.9. The number of rotatable bonds is 4. The van der Waals surface area contributed by atoms with Crippen LogP contribution >= 0.6 is 0 Å². The van der Waals surface area contributed by atoms with E-state index in [2.05, 4.69) is 26.0 Å². The molecule has 1 aromatic rings. The SMILES string of the molecule is CC/C(=C\C(=O)N1CCCC1CC)c1ccccc1. The Hall–Kier alpha value is -1.57. The molecule has 1 fully saturated rings. The third-order valence-electron chi connectivity index (χ3n) is 3.95. The summed E-state index contributed by atoms with van der Waals surface area (Å²) in [6.45, 7) is 5.19. The lowest BCUT2D eigenvalue weighted by Gasteiger charge is -2.22. The van der Waals surface area contributed by atoms with E-state index in [4.69, 9.17) is 0 Å². The van der Waals surface area contributed by atoms with Gasteiger partial charge in [0.2, 0.25) is 5.91 Å². The molecular weight excluding hydrogens is 234 g/mol. The number of amides is 1. The second kappa shape index (κ2) is 6.55. The topological polar surface area (TPSA) is 20.3 Å². The molecule has 0 N–H and O–H groups in total. The minimum Gasteiger partial charge on any atom is -0.336 e. The van der Waals surface area contributed by atoms with Gasteiger partial charge in [0.05, 0.1) is 0 Å². The molecule has 1 aromatic carbocycles. The number of nitrogens with zero attached hydrogens (tertiary/aromatic N) is 1. The van der Waals surface area contributed by atoms with Crippen LogP contribution in [-0.2, 0) is 4.79 Å². The lowest BCUT2D eigenvalue weighted by Crippen LogP contribution is -2.33. The van der Waals surface area contributed by atoms with Crippen LogP contribution in [0.2, 0.25) is 0 Å².